The van der Waals surface area contributed by atoms with Gasteiger partial charge in [-0.2, -0.15) is 0 Å². The van der Waals surface area contributed by atoms with Crippen LogP contribution in [0, 0.1) is 13.8 Å². The van der Waals surface area contributed by atoms with E-state index in [1.165, 1.54) is 0 Å². The standard InChI is InChI=1S/C12H16O/c1-4-6-11(13)12-9(2)7-5-8-10(12)3/h5,7-8H,4,6H2,1-3H3. The summed E-state index contributed by atoms with van der Waals surface area (Å²) in [6, 6.07) is 5.99. The van der Waals surface area contributed by atoms with Crippen LogP contribution in [0.2, 0.25) is 0 Å². The van der Waals surface area contributed by atoms with Crippen molar-refractivity contribution in [3.63, 3.8) is 0 Å². The molecule has 0 amide bonds. The summed E-state index contributed by atoms with van der Waals surface area (Å²) in [5, 5.41) is 0. The van der Waals surface area contributed by atoms with Gasteiger partial charge in [-0.15, -0.1) is 0 Å². The third kappa shape index (κ3) is 2.18. The van der Waals surface area contributed by atoms with Gasteiger partial charge in [0.25, 0.3) is 0 Å². The van der Waals surface area contributed by atoms with Crippen LogP contribution in [0.5, 0.6) is 0 Å². The van der Waals surface area contributed by atoms with Crippen molar-refractivity contribution in [1.29, 1.82) is 0 Å². The molecule has 0 N–H and O–H groups in total. The van der Waals surface area contributed by atoms with Crippen molar-refractivity contribution in [2.45, 2.75) is 33.6 Å². The van der Waals surface area contributed by atoms with Crippen molar-refractivity contribution in [3.05, 3.63) is 34.9 Å². The SMILES string of the molecule is CCCC(=O)c1c(C)cccc1C. The minimum atomic E-state index is 0.276. The first-order chi connectivity index (χ1) is 6.16. The van der Waals surface area contributed by atoms with Gasteiger partial charge in [-0.25, -0.2) is 0 Å². The Morgan fingerprint density at radius 1 is 1.23 bits per heavy atom. The van der Waals surface area contributed by atoms with Crippen LogP contribution in [-0.4, -0.2) is 5.78 Å². The summed E-state index contributed by atoms with van der Waals surface area (Å²) in [7, 11) is 0. The highest BCUT2D eigenvalue weighted by molar-refractivity contribution is 5.98. The van der Waals surface area contributed by atoms with E-state index in [0.717, 1.165) is 23.1 Å². The third-order valence-corrected chi connectivity index (χ3v) is 2.24. The summed E-state index contributed by atoms with van der Waals surface area (Å²) >= 11 is 0. The lowest BCUT2D eigenvalue weighted by atomic mass is 9.97. The molecule has 0 spiro atoms. The van der Waals surface area contributed by atoms with Crippen molar-refractivity contribution in [3.8, 4) is 0 Å². The average molecular weight is 176 g/mol. The van der Waals surface area contributed by atoms with Gasteiger partial charge in [0.2, 0.25) is 0 Å². The molecule has 1 aromatic rings. The summed E-state index contributed by atoms with van der Waals surface area (Å²) < 4.78 is 0. The molecule has 0 bridgehead atoms. The van der Waals surface area contributed by atoms with Gasteiger partial charge in [0.05, 0.1) is 0 Å². The van der Waals surface area contributed by atoms with Gasteiger partial charge in [0.1, 0.15) is 0 Å². The number of hydrogen-bond donors (Lipinski definition) is 0. The van der Waals surface area contributed by atoms with Crippen molar-refractivity contribution in [1.82, 2.24) is 0 Å². The number of carbonyl (C=O) groups is 1. The molecule has 1 heteroatoms. The van der Waals surface area contributed by atoms with Gasteiger partial charge in [-0.3, -0.25) is 4.79 Å². The van der Waals surface area contributed by atoms with Crippen LogP contribution in [0.25, 0.3) is 0 Å². The normalized spacial score (nSPS) is 10.1. The number of aryl methyl sites for hydroxylation is 2. The maximum Gasteiger partial charge on any atom is 0.163 e. The molecule has 70 valence electrons. The van der Waals surface area contributed by atoms with E-state index < -0.39 is 0 Å². The van der Waals surface area contributed by atoms with Gasteiger partial charge in [0.15, 0.2) is 5.78 Å². The molecule has 1 nitrogen and oxygen atoms in total. The summed E-state index contributed by atoms with van der Waals surface area (Å²) in [6.07, 6.45) is 1.58. The maximum atomic E-state index is 11.7. The van der Waals surface area contributed by atoms with Crippen LogP contribution in [0.4, 0.5) is 0 Å². The molecular weight excluding hydrogens is 160 g/mol. The molecule has 0 atom stereocenters. The Balaban J connectivity index is 3.05. The lowest BCUT2D eigenvalue weighted by Crippen LogP contribution is -2.03. The summed E-state index contributed by atoms with van der Waals surface area (Å²) in [6.45, 7) is 6.03. The van der Waals surface area contributed by atoms with E-state index in [0.29, 0.717) is 6.42 Å². The molecule has 0 heterocycles. The van der Waals surface area contributed by atoms with Crippen LogP contribution in [0.15, 0.2) is 18.2 Å². The fourth-order valence-corrected chi connectivity index (χ4v) is 1.61. The number of carbonyl (C=O) groups excluding carboxylic acids is 1. The lowest BCUT2D eigenvalue weighted by molar-refractivity contribution is 0.0980. The largest absolute Gasteiger partial charge is 0.294 e. The fraction of sp³-hybridized carbons (Fsp3) is 0.417. The van der Waals surface area contributed by atoms with Crippen LogP contribution in [0.1, 0.15) is 41.3 Å². The first kappa shape index (κ1) is 9.97. The first-order valence-electron chi connectivity index (χ1n) is 4.76. The minimum absolute atomic E-state index is 0.276. The Bertz CT molecular complexity index is 293. The average Bonchev–Trinajstić information content (AvgIpc) is 2.04. The minimum Gasteiger partial charge on any atom is -0.294 e. The zero-order valence-corrected chi connectivity index (χ0v) is 8.55. The Labute approximate surface area is 79.8 Å². The number of ketones is 1. The van der Waals surface area contributed by atoms with Gasteiger partial charge in [0, 0.05) is 12.0 Å². The van der Waals surface area contributed by atoms with E-state index >= 15 is 0 Å². The highest BCUT2D eigenvalue weighted by Gasteiger charge is 2.09. The van der Waals surface area contributed by atoms with Crippen LogP contribution < -0.4 is 0 Å². The van der Waals surface area contributed by atoms with Gasteiger partial charge in [-0.1, -0.05) is 25.1 Å². The summed E-state index contributed by atoms with van der Waals surface area (Å²) in [4.78, 5) is 11.7. The van der Waals surface area contributed by atoms with Crippen molar-refractivity contribution < 1.29 is 4.79 Å². The Morgan fingerprint density at radius 2 is 1.77 bits per heavy atom. The maximum absolute atomic E-state index is 11.7. The highest BCUT2D eigenvalue weighted by Crippen LogP contribution is 2.15. The molecule has 0 saturated carbocycles. The third-order valence-electron chi connectivity index (χ3n) is 2.24. The molecule has 0 unspecified atom stereocenters. The van der Waals surface area contributed by atoms with Crippen LogP contribution in [0.3, 0.4) is 0 Å². The Kier molecular flexibility index (Phi) is 3.24. The summed E-state index contributed by atoms with van der Waals surface area (Å²) in [5.41, 5.74) is 3.11. The van der Waals surface area contributed by atoms with Crippen molar-refractivity contribution >= 4 is 5.78 Å². The van der Waals surface area contributed by atoms with E-state index in [1.54, 1.807) is 0 Å². The number of hydrogen-bond acceptors (Lipinski definition) is 1. The number of rotatable bonds is 3. The van der Waals surface area contributed by atoms with E-state index in [2.05, 4.69) is 0 Å². The molecule has 0 aliphatic carbocycles. The second-order valence-electron chi connectivity index (χ2n) is 3.44. The molecule has 0 saturated heterocycles. The Hall–Kier alpha value is -1.11. The molecule has 0 aliphatic rings. The monoisotopic (exact) mass is 176 g/mol. The molecule has 1 aromatic carbocycles. The quantitative estimate of drug-likeness (QED) is 0.646. The number of benzene rings is 1. The van der Waals surface area contributed by atoms with Crippen LogP contribution in [-0.2, 0) is 0 Å². The van der Waals surface area contributed by atoms with E-state index in [9.17, 15) is 4.79 Å². The van der Waals surface area contributed by atoms with E-state index in [-0.39, 0.29) is 5.78 Å². The zero-order valence-electron chi connectivity index (χ0n) is 8.55. The van der Waals surface area contributed by atoms with E-state index in [1.807, 2.05) is 39.0 Å². The topological polar surface area (TPSA) is 17.1 Å². The molecule has 0 aliphatic heterocycles. The predicted octanol–water partition coefficient (Wildman–Crippen LogP) is 3.29. The smallest absolute Gasteiger partial charge is 0.163 e. The van der Waals surface area contributed by atoms with Crippen molar-refractivity contribution in [2.75, 3.05) is 0 Å². The van der Waals surface area contributed by atoms with Gasteiger partial charge < -0.3 is 0 Å². The second-order valence-corrected chi connectivity index (χ2v) is 3.44. The second kappa shape index (κ2) is 4.22. The number of Topliss-reactive ketones (excluding diaryl/α,β-unsaturated/α-hetero) is 1. The summed E-state index contributed by atoms with van der Waals surface area (Å²) in [5.74, 6) is 0.276. The van der Waals surface area contributed by atoms with Gasteiger partial charge >= 0.3 is 0 Å². The van der Waals surface area contributed by atoms with Crippen LogP contribution >= 0.6 is 0 Å². The molecule has 1 rings (SSSR count). The van der Waals surface area contributed by atoms with Gasteiger partial charge in [-0.05, 0) is 31.4 Å². The molecule has 13 heavy (non-hydrogen) atoms. The molecule has 0 fully saturated rings. The molecular formula is C12H16O. The predicted molar refractivity (Wildman–Crippen MR) is 55.2 cm³/mol. The van der Waals surface area contributed by atoms with E-state index in [4.69, 9.17) is 0 Å². The van der Waals surface area contributed by atoms with Crippen molar-refractivity contribution in [2.24, 2.45) is 0 Å². The fourth-order valence-electron chi connectivity index (χ4n) is 1.61. The molecule has 0 radical (unpaired) electrons. The first-order valence-corrected chi connectivity index (χ1v) is 4.76. The Morgan fingerprint density at radius 3 is 2.23 bits per heavy atom. The highest BCUT2D eigenvalue weighted by atomic mass is 16.1. The zero-order chi connectivity index (χ0) is 9.84. The lowest BCUT2D eigenvalue weighted by Gasteiger charge is -2.07. The molecule has 0 aromatic heterocycles.